The van der Waals surface area contributed by atoms with Crippen molar-refractivity contribution in [3.05, 3.63) is 12.7 Å². The molecule has 0 aliphatic carbocycles. The monoisotopic (exact) mass is 162 g/mol. The van der Waals surface area contributed by atoms with E-state index in [0.29, 0.717) is 13.6 Å². The highest BCUT2D eigenvalue weighted by Crippen LogP contribution is 2.16. The third-order valence-corrected chi connectivity index (χ3v) is 1.90. The molecule has 0 bridgehead atoms. The van der Waals surface area contributed by atoms with Gasteiger partial charge >= 0.3 is 0 Å². The van der Waals surface area contributed by atoms with E-state index >= 15 is 0 Å². The van der Waals surface area contributed by atoms with Gasteiger partial charge in [0.2, 0.25) is 5.62 Å². The Kier molecular flexibility index (Phi) is 3.82. The van der Waals surface area contributed by atoms with E-state index in [9.17, 15) is 0 Å². The van der Waals surface area contributed by atoms with Gasteiger partial charge in [-0.25, -0.2) is 0 Å². The van der Waals surface area contributed by atoms with E-state index < -0.39 is 0 Å². The Hall–Kier alpha value is -0.0300. The van der Waals surface area contributed by atoms with Crippen LogP contribution in [0.25, 0.3) is 0 Å². The molecule has 0 amide bonds. The molecule has 1 heterocycles. The van der Waals surface area contributed by atoms with E-state index in [2.05, 4.69) is 6.58 Å². The number of ether oxygens (including phenoxy) is 3. The lowest BCUT2D eigenvalue weighted by atomic mass is 10.8. The van der Waals surface area contributed by atoms with Gasteiger partial charge in [0.15, 0.2) is 13.6 Å². The van der Waals surface area contributed by atoms with E-state index in [-0.39, 0.29) is 5.62 Å². The summed E-state index contributed by atoms with van der Waals surface area (Å²) in [5.41, 5.74) is -0.174. The fourth-order valence-electron chi connectivity index (χ4n) is 0.532. The van der Waals surface area contributed by atoms with Crippen LogP contribution in [0.1, 0.15) is 0 Å². The summed E-state index contributed by atoms with van der Waals surface area (Å²) in [5, 5.41) is 0. The lowest BCUT2D eigenvalue weighted by Gasteiger charge is -2.21. The van der Waals surface area contributed by atoms with Gasteiger partial charge in [-0.3, -0.25) is 0 Å². The number of hydrogen-bond acceptors (Lipinski definition) is 4. The molecule has 1 aliphatic rings. The highest BCUT2D eigenvalue weighted by molar-refractivity contribution is 7.99. The van der Waals surface area contributed by atoms with E-state index in [1.165, 1.54) is 0 Å². The normalized spacial score (nSPS) is 20.8. The van der Waals surface area contributed by atoms with Gasteiger partial charge in [-0.05, 0) is 0 Å². The lowest BCUT2D eigenvalue weighted by molar-refractivity contribution is -0.264. The summed E-state index contributed by atoms with van der Waals surface area (Å²) in [6.07, 6.45) is 1.81. The molecular weight excluding hydrogens is 152 g/mol. The smallest absolute Gasteiger partial charge is 0.211 e. The second kappa shape index (κ2) is 4.73. The van der Waals surface area contributed by atoms with Gasteiger partial charge < -0.3 is 14.2 Å². The average molecular weight is 162 g/mol. The summed E-state index contributed by atoms with van der Waals surface area (Å²) in [6, 6.07) is 0. The molecule has 0 aromatic carbocycles. The number of hydrogen-bond donors (Lipinski definition) is 0. The SMILES string of the molecule is C=CCSC1OCOCO1. The molecule has 3 nitrogen and oxygen atoms in total. The van der Waals surface area contributed by atoms with Crippen molar-refractivity contribution >= 4 is 11.8 Å². The summed E-state index contributed by atoms with van der Waals surface area (Å²) in [6.45, 7) is 4.24. The molecule has 58 valence electrons. The lowest BCUT2D eigenvalue weighted by Crippen LogP contribution is -2.23. The molecule has 0 radical (unpaired) electrons. The van der Waals surface area contributed by atoms with Crippen LogP contribution in [0.3, 0.4) is 0 Å². The highest BCUT2D eigenvalue weighted by Gasteiger charge is 2.12. The predicted octanol–water partition coefficient (Wildman–Crippen LogP) is 1.17. The molecule has 1 rings (SSSR count). The minimum Gasteiger partial charge on any atom is -0.329 e. The summed E-state index contributed by atoms with van der Waals surface area (Å²) < 4.78 is 14.9. The molecule has 0 spiro atoms. The van der Waals surface area contributed by atoms with E-state index in [0.717, 1.165) is 5.75 Å². The van der Waals surface area contributed by atoms with Crippen molar-refractivity contribution < 1.29 is 14.2 Å². The molecule has 1 fully saturated rings. The van der Waals surface area contributed by atoms with Crippen LogP contribution in [0, 0.1) is 0 Å². The molecule has 1 aliphatic heterocycles. The zero-order chi connectivity index (χ0) is 7.23. The minimum absolute atomic E-state index is 0.174. The third-order valence-electron chi connectivity index (χ3n) is 0.925. The Labute approximate surface area is 64.3 Å². The Bertz CT molecular complexity index is 101. The summed E-state index contributed by atoms with van der Waals surface area (Å²) in [7, 11) is 0. The molecule has 0 N–H and O–H groups in total. The summed E-state index contributed by atoms with van der Waals surface area (Å²) in [5.74, 6) is 0.838. The Morgan fingerprint density at radius 3 is 2.80 bits per heavy atom. The van der Waals surface area contributed by atoms with Crippen molar-refractivity contribution in [2.24, 2.45) is 0 Å². The van der Waals surface area contributed by atoms with Crippen molar-refractivity contribution in [2.75, 3.05) is 19.3 Å². The first-order valence-electron chi connectivity index (χ1n) is 2.97. The molecule has 0 unspecified atom stereocenters. The van der Waals surface area contributed by atoms with E-state index in [4.69, 9.17) is 14.2 Å². The van der Waals surface area contributed by atoms with Gasteiger partial charge in [0, 0.05) is 5.75 Å². The van der Waals surface area contributed by atoms with E-state index in [1.54, 1.807) is 11.8 Å². The number of rotatable bonds is 3. The second-order valence-electron chi connectivity index (χ2n) is 1.68. The van der Waals surface area contributed by atoms with Crippen LogP contribution in [0.2, 0.25) is 0 Å². The van der Waals surface area contributed by atoms with Crippen molar-refractivity contribution in [3.8, 4) is 0 Å². The average Bonchev–Trinajstić information content (AvgIpc) is 2.03. The first kappa shape index (κ1) is 8.07. The Morgan fingerprint density at radius 1 is 1.50 bits per heavy atom. The maximum atomic E-state index is 5.05. The van der Waals surface area contributed by atoms with Crippen molar-refractivity contribution in [1.82, 2.24) is 0 Å². The maximum Gasteiger partial charge on any atom is 0.211 e. The second-order valence-corrected chi connectivity index (χ2v) is 2.74. The molecule has 4 heteroatoms. The van der Waals surface area contributed by atoms with Crippen molar-refractivity contribution in [2.45, 2.75) is 5.62 Å². The summed E-state index contributed by atoms with van der Waals surface area (Å²) >= 11 is 1.55. The molecular formula is C6H10O3S. The molecule has 10 heavy (non-hydrogen) atoms. The number of thioether (sulfide) groups is 1. The predicted molar refractivity (Wildman–Crippen MR) is 39.4 cm³/mol. The fourth-order valence-corrected chi connectivity index (χ4v) is 1.13. The van der Waals surface area contributed by atoms with Crippen LogP contribution in [-0.2, 0) is 14.2 Å². The zero-order valence-electron chi connectivity index (χ0n) is 5.62. The van der Waals surface area contributed by atoms with Crippen LogP contribution in [0.15, 0.2) is 12.7 Å². The Balaban J connectivity index is 2.07. The van der Waals surface area contributed by atoms with E-state index in [1.807, 2.05) is 6.08 Å². The van der Waals surface area contributed by atoms with Crippen LogP contribution in [0.4, 0.5) is 0 Å². The van der Waals surface area contributed by atoms with Gasteiger partial charge in [0.25, 0.3) is 0 Å². The van der Waals surface area contributed by atoms with Crippen LogP contribution >= 0.6 is 11.8 Å². The quantitative estimate of drug-likeness (QED) is 0.582. The minimum atomic E-state index is -0.174. The van der Waals surface area contributed by atoms with Crippen LogP contribution in [0.5, 0.6) is 0 Å². The maximum absolute atomic E-state index is 5.05. The largest absolute Gasteiger partial charge is 0.329 e. The van der Waals surface area contributed by atoms with Crippen LogP contribution < -0.4 is 0 Å². The highest BCUT2D eigenvalue weighted by atomic mass is 32.2. The molecule has 1 saturated heterocycles. The first-order chi connectivity index (χ1) is 4.93. The van der Waals surface area contributed by atoms with Gasteiger partial charge in [0.1, 0.15) is 0 Å². The Morgan fingerprint density at radius 2 is 2.20 bits per heavy atom. The molecule has 0 aromatic rings. The van der Waals surface area contributed by atoms with Gasteiger partial charge in [-0.15, -0.1) is 6.58 Å². The van der Waals surface area contributed by atoms with Crippen molar-refractivity contribution in [1.29, 1.82) is 0 Å². The fraction of sp³-hybridized carbons (Fsp3) is 0.667. The van der Waals surface area contributed by atoms with Crippen molar-refractivity contribution in [3.63, 3.8) is 0 Å². The topological polar surface area (TPSA) is 27.7 Å². The zero-order valence-corrected chi connectivity index (χ0v) is 6.43. The standard InChI is InChI=1S/C6H10O3S/c1-2-3-10-6-8-4-7-5-9-6/h2,6H,1,3-5H2. The third kappa shape index (κ3) is 2.70. The molecule has 0 aromatic heterocycles. The summed E-state index contributed by atoms with van der Waals surface area (Å²) in [4.78, 5) is 0. The van der Waals surface area contributed by atoms with Crippen LogP contribution in [-0.4, -0.2) is 25.0 Å². The van der Waals surface area contributed by atoms with Gasteiger partial charge in [-0.1, -0.05) is 17.8 Å². The molecule has 0 atom stereocenters. The molecule has 0 saturated carbocycles. The van der Waals surface area contributed by atoms with Gasteiger partial charge in [0.05, 0.1) is 0 Å². The van der Waals surface area contributed by atoms with Gasteiger partial charge in [-0.2, -0.15) is 0 Å². The first-order valence-corrected chi connectivity index (χ1v) is 4.02.